The van der Waals surface area contributed by atoms with Crippen LogP contribution in [-0.2, 0) is 9.47 Å². The summed E-state index contributed by atoms with van der Waals surface area (Å²) < 4.78 is 11.5. The molecule has 1 aromatic heterocycles. The molecule has 26 heavy (non-hydrogen) atoms. The monoisotopic (exact) mass is 353 g/mol. The average Bonchev–Trinajstić information content (AvgIpc) is 2.81. The maximum atomic E-state index is 12.5. The fourth-order valence-corrected chi connectivity index (χ4v) is 3.44. The molecule has 0 saturated carbocycles. The summed E-state index contributed by atoms with van der Waals surface area (Å²) >= 11 is 0. The first-order chi connectivity index (χ1) is 12.8. The number of para-hydroxylation sites is 1. The highest BCUT2D eigenvalue weighted by Gasteiger charge is 2.25. The van der Waals surface area contributed by atoms with Crippen molar-refractivity contribution in [3.8, 4) is 0 Å². The van der Waals surface area contributed by atoms with Gasteiger partial charge in [-0.15, -0.1) is 0 Å². The lowest BCUT2D eigenvalue weighted by atomic mass is 10.1. The van der Waals surface area contributed by atoms with E-state index in [-0.39, 0.29) is 12.2 Å². The molecule has 2 aliphatic rings. The van der Waals surface area contributed by atoms with E-state index >= 15 is 0 Å². The normalized spacial score (nSPS) is 19.3. The maximum absolute atomic E-state index is 12.5. The Morgan fingerprint density at radius 3 is 2.96 bits per heavy atom. The molecule has 0 radical (unpaired) electrons. The number of ether oxygens (including phenoxy) is 2. The number of anilines is 3. The molecule has 1 aromatic carbocycles. The Balaban J connectivity index is 1.50. The Labute approximate surface area is 153 Å². The molecule has 0 bridgehead atoms. The van der Waals surface area contributed by atoms with Gasteiger partial charge < -0.3 is 19.7 Å². The topological polar surface area (TPSA) is 63.7 Å². The van der Waals surface area contributed by atoms with Gasteiger partial charge in [-0.2, -0.15) is 0 Å². The van der Waals surface area contributed by atoms with Gasteiger partial charge in [0.15, 0.2) is 12.1 Å². The predicted molar refractivity (Wildman–Crippen MR) is 99.8 cm³/mol. The minimum absolute atomic E-state index is 0.0719. The molecule has 3 heterocycles. The highest BCUT2D eigenvalue weighted by molar-refractivity contribution is 6.11. The summed E-state index contributed by atoms with van der Waals surface area (Å²) in [5.41, 5.74) is 2.45. The smallest absolute Gasteiger partial charge is 0.258 e. The summed E-state index contributed by atoms with van der Waals surface area (Å²) in [6.45, 7) is 2.15. The standard InChI is InChI=1S/C20H23N3O3/c24-20-15-7-1-2-8-16(15)23(17-9-5-11-21-19(17)22-20)12-6-14-26-18-10-3-4-13-25-18/h1-2,5,7-9,11,18H,3-4,6,10,12-14H2,(H,21,22,24). The van der Waals surface area contributed by atoms with Crippen LogP contribution in [0, 0.1) is 0 Å². The van der Waals surface area contributed by atoms with Gasteiger partial charge in [-0.25, -0.2) is 4.98 Å². The second-order valence-corrected chi connectivity index (χ2v) is 6.51. The van der Waals surface area contributed by atoms with Crippen molar-refractivity contribution in [2.45, 2.75) is 32.0 Å². The van der Waals surface area contributed by atoms with E-state index in [4.69, 9.17) is 9.47 Å². The van der Waals surface area contributed by atoms with Gasteiger partial charge in [0.05, 0.1) is 23.5 Å². The number of nitrogens with one attached hydrogen (secondary N) is 1. The fraction of sp³-hybridized carbons (Fsp3) is 0.400. The first-order valence-corrected chi connectivity index (χ1v) is 9.19. The Morgan fingerprint density at radius 2 is 2.08 bits per heavy atom. The van der Waals surface area contributed by atoms with E-state index < -0.39 is 0 Å². The summed E-state index contributed by atoms with van der Waals surface area (Å²) in [7, 11) is 0. The first kappa shape index (κ1) is 17.0. The first-order valence-electron chi connectivity index (χ1n) is 9.19. The third kappa shape index (κ3) is 3.57. The van der Waals surface area contributed by atoms with Crippen LogP contribution >= 0.6 is 0 Å². The molecular formula is C20H23N3O3. The lowest BCUT2D eigenvalue weighted by Gasteiger charge is -2.26. The van der Waals surface area contributed by atoms with Crippen LogP contribution < -0.4 is 10.2 Å². The van der Waals surface area contributed by atoms with Crippen molar-refractivity contribution in [1.82, 2.24) is 4.98 Å². The molecule has 1 N–H and O–H groups in total. The van der Waals surface area contributed by atoms with Crippen LogP contribution in [0.3, 0.4) is 0 Å². The highest BCUT2D eigenvalue weighted by atomic mass is 16.7. The Hall–Kier alpha value is -2.44. The van der Waals surface area contributed by atoms with Gasteiger partial charge in [0.1, 0.15) is 0 Å². The van der Waals surface area contributed by atoms with E-state index in [1.54, 1.807) is 6.20 Å². The molecule has 0 aliphatic carbocycles. The van der Waals surface area contributed by atoms with E-state index in [1.807, 2.05) is 36.4 Å². The van der Waals surface area contributed by atoms with E-state index in [1.165, 1.54) is 0 Å². The van der Waals surface area contributed by atoms with Gasteiger partial charge in [-0.1, -0.05) is 12.1 Å². The average molecular weight is 353 g/mol. The molecule has 1 atom stereocenters. The van der Waals surface area contributed by atoms with Crippen molar-refractivity contribution >= 4 is 23.1 Å². The number of benzene rings is 1. The summed E-state index contributed by atoms with van der Waals surface area (Å²) in [5.74, 6) is 0.458. The number of amides is 1. The third-order valence-electron chi connectivity index (χ3n) is 4.72. The second kappa shape index (κ2) is 7.85. The van der Waals surface area contributed by atoms with Crippen LogP contribution in [0.25, 0.3) is 0 Å². The molecule has 6 heteroatoms. The van der Waals surface area contributed by atoms with Crippen molar-refractivity contribution in [1.29, 1.82) is 0 Å². The minimum atomic E-state index is -0.130. The number of pyridine rings is 1. The van der Waals surface area contributed by atoms with Crippen LogP contribution in [0.1, 0.15) is 36.0 Å². The molecule has 0 spiro atoms. The van der Waals surface area contributed by atoms with Gasteiger partial charge in [0.2, 0.25) is 0 Å². The molecule has 1 saturated heterocycles. The van der Waals surface area contributed by atoms with Gasteiger partial charge in [-0.3, -0.25) is 4.79 Å². The summed E-state index contributed by atoms with van der Waals surface area (Å²) in [5, 5.41) is 2.91. The molecule has 136 valence electrons. The van der Waals surface area contributed by atoms with Crippen LogP contribution in [0.5, 0.6) is 0 Å². The Kier molecular flexibility index (Phi) is 5.13. The minimum Gasteiger partial charge on any atom is -0.353 e. The van der Waals surface area contributed by atoms with Crippen LogP contribution in [0.15, 0.2) is 42.6 Å². The number of aromatic nitrogens is 1. The third-order valence-corrected chi connectivity index (χ3v) is 4.72. The van der Waals surface area contributed by atoms with Crippen LogP contribution in [0.2, 0.25) is 0 Å². The lowest BCUT2D eigenvalue weighted by Crippen LogP contribution is -2.25. The number of nitrogens with zero attached hydrogens (tertiary/aromatic N) is 2. The maximum Gasteiger partial charge on any atom is 0.258 e. The highest BCUT2D eigenvalue weighted by Crippen LogP contribution is 2.36. The Bertz CT molecular complexity index is 774. The molecule has 1 amide bonds. The number of carbonyl (C=O) groups excluding carboxylic acids is 1. The van der Waals surface area contributed by atoms with Crippen molar-refractivity contribution in [2.24, 2.45) is 0 Å². The molecule has 1 unspecified atom stereocenters. The van der Waals surface area contributed by atoms with Gasteiger partial charge in [0.25, 0.3) is 5.91 Å². The van der Waals surface area contributed by atoms with Crippen LogP contribution in [0.4, 0.5) is 17.2 Å². The quantitative estimate of drug-likeness (QED) is 0.830. The van der Waals surface area contributed by atoms with Crippen molar-refractivity contribution in [3.63, 3.8) is 0 Å². The van der Waals surface area contributed by atoms with Crippen molar-refractivity contribution in [2.75, 3.05) is 30.0 Å². The molecule has 1 fully saturated rings. The van der Waals surface area contributed by atoms with E-state index in [2.05, 4.69) is 15.2 Å². The summed E-state index contributed by atoms with van der Waals surface area (Å²) in [4.78, 5) is 19.0. The van der Waals surface area contributed by atoms with Gasteiger partial charge in [-0.05, 0) is 49.9 Å². The van der Waals surface area contributed by atoms with Gasteiger partial charge >= 0.3 is 0 Å². The molecule has 2 aliphatic heterocycles. The Morgan fingerprint density at radius 1 is 1.19 bits per heavy atom. The number of carbonyl (C=O) groups is 1. The van der Waals surface area contributed by atoms with Crippen molar-refractivity contribution in [3.05, 3.63) is 48.2 Å². The molecule has 4 rings (SSSR count). The SMILES string of the molecule is O=C1Nc2ncccc2N(CCCOC2CCCCO2)c2ccccc21. The van der Waals surface area contributed by atoms with Gasteiger partial charge in [0, 0.05) is 19.3 Å². The largest absolute Gasteiger partial charge is 0.353 e. The summed E-state index contributed by atoms with van der Waals surface area (Å²) in [6, 6.07) is 11.5. The number of hydrogen-bond acceptors (Lipinski definition) is 5. The van der Waals surface area contributed by atoms with E-state index in [0.29, 0.717) is 18.0 Å². The fourth-order valence-electron chi connectivity index (χ4n) is 3.44. The number of rotatable bonds is 5. The van der Waals surface area contributed by atoms with Crippen molar-refractivity contribution < 1.29 is 14.3 Å². The lowest BCUT2D eigenvalue weighted by molar-refractivity contribution is -0.162. The van der Waals surface area contributed by atoms with E-state index in [0.717, 1.165) is 50.2 Å². The van der Waals surface area contributed by atoms with E-state index in [9.17, 15) is 4.79 Å². The summed E-state index contributed by atoms with van der Waals surface area (Å²) in [6.07, 6.45) is 5.70. The number of hydrogen-bond donors (Lipinski definition) is 1. The zero-order valence-corrected chi connectivity index (χ0v) is 14.7. The number of fused-ring (bicyclic) bond motifs is 2. The molecule has 6 nitrogen and oxygen atoms in total. The molecule has 2 aromatic rings. The zero-order chi connectivity index (χ0) is 17.8. The molecular weight excluding hydrogens is 330 g/mol. The second-order valence-electron chi connectivity index (χ2n) is 6.51. The zero-order valence-electron chi connectivity index (χ0n) is 14.7. The predicted octanol–water partition coefficient (Wildman–Crippen LogP) is 3.72. The van der Waals surface area contributed by atoms with Crippen LogP contribution in [-0.4, -0.2) is 36.9 Å².